The Morgan fingerprint density at radius 3 is 2.30 bits per heavy atom. The molecule has 0 saturated heterocycles. The van der Waals surface area contributed by atoms with Crippen LogP contribution in [0, 0.1) is 6.92 Å². The van der Waals surface area contributed by atoms with Crippen LogP contribution in [0.3, 0.4) is 0 Å². The molecule has 0 aliphatic heterocycles. The predicted octanol–water partition coefficient (Wildman–Crippen LogP) is 4.07. The normalized spacial score (nSPS) is 11.1. The van der Waals surface area contributed by atoms with Crippen molar-refractivity contribution >= 4 is 17.5 Å². The first-order valence-electron chi connectivity index (χ1n) is 8.44. The standard InChI is InChI=1S/C20H21F3N2O2/c1-14-4-3-5-16(12-14)13-24-19(27)10-11-25(15(2)26)18-8-6-17(7-9-18)20(21,22)23/h3-9,12H,10-11,13H2,1-2H3,(H,24,27). The molecule has 1 N–H and O–H groups in total. The molecule has 0 aromatic heterocycles. The lowest BCUT2D eigenvalue weighted by atomic mass is 10.1. The fourth-order valence-corrected chi connectivity index (χ4v) is 2.62. The molecule has 7 heteroatoms. The summed E-state index contributed by atoms with van der Waals surface area (Å²) >= 11 is 0. The van der Waals surface area contributed by atoms with Crippen LogP contribution in [0.5, 0.6) is 0 Å². The number of hydrogen-bond donors (Lipinski definition) is 1. The molecular formula is C20H21F3N2O2. The molecule has 144 valence electrons. The van der Waals surface area contributed by atoms with Crippen molar-refractivity contribution in [1.82, 2.24) is 5.32 Å². The van der Waals surface area contributed by atoms with Gasteiger partial charge in [-0.05, 0) is 36.8 Å². The van der Waals surface area contributed by atoms with Crippen molar-refractivity contribution in [3.63, 3.8) is 0 Å². The average molecular weight is 378 g/mol. The highest BCUT2D eigenvalue weighted by Crippen LogP contribution is 2.30. The van der Waals surface area contributed by atoms with Crippen molar-refractivity contribution in [2.24, 2.45) is 0 Å². The zero-order valence-corrected chi connectivity index (χ0v) is 15.1. The van der Waals surface area contributed by atoms with Gasteiger partial charge in [-0.1, -0.05) is 29.8 Å². The van der Waals surface area contributed by atoms with Crippen molar-refractivity contribution < 1.29 is 22.8 Å². The van der Waals surface area contributed by atoms with Crippen LogP contribution in [0.25, 0.3) is 0 Å². The number of hydrogen-bond acceptors (Lipinski definition) is 2. The van der Waals surface area contributed by atoms with Gasteiger partial charge in [0.15, 0.2) is 0 Å². The van der Waals surface area contributed by atoms with E-state index in [0.29, 0.717) is 12.2 Å². The minimum Gasteiger partial charge on any atom is -0.352 e. The Morgan fingerprint density at radius 1 is 1.07 bits per heavy atom. The van der Waals surface area contributed by atoms with Crippen molar-refractivity contribution in [1.29, 1.82) is 0 Å². The minimum absolute atomic E-state index is 0.0480. The van der Waals surface area contributed by atoms with Crippen molar-refractivity contribution in [3.05, 3.63) is 65.2 Å². The SMILES string of the molecule is CC(=O)N(CCC(=O)NCc1cccc(C)c1)c1ccc(C(F)(F)F)cc1. The van der Waals surface area contributed by atoms with E-state index in [1.165, 1.54) is 24.0 Å². The number of amides is 2. The summed E-state index contributed by atoms with van der Waals surface area (Å²) in [6.45, 7) is 3.73. The summed E-state index contributed by atoms with van der Waals surface area (Å²) in [6, 6.07) is 12.0. The number of nitrogens with one attached hydrogen (secondary N) is 1. The Labute approximate surface area is 156 Å². The van der Waals surface area contributed by atoms with Crippen molar-refractivity contribution in [3.8, 4) is 0 Å². The summed E-state index contributed by atoms with van der Waals surface area (Å²) in [5.41, 5.74) is 1.59. The van der Waals surface area contributed by atoms with Crippen LogP contribution >= 0.6 is 0 Å². The molecule has 0 aliphatic rings. The van der Waals surface area contributed by atoms with Crippen LogP contribution in [0.4, 0.5) is 18.9 Å². The molecule has 2 aromatic rings. The predicted molar refractivity (Wildman–Crippen MR) is 97.1 cm³/mol. The molecule has 0 aliphatic carbocycles. The van der Waals surface area contributed by atoms with Gasteiger partial charge < -0.3 is 10.2 Å². The molecule has 0 bridgehead atoms. The Kier molecular flexibility index (Phi) is 6.60. The Morgan fingerprint density at radius 2 is 1.74 bits per heavy atom. The number of alkyl halides is 3. The van der Waals surface area contributed by atoms with Gasteiger partial charge in [-0.15, -0.1) is 0 Å². The number of carbonyl (C=O) groups excluding carboxylic acids is 2. The van der Waals surface area contributed by atoms with Gasteiger partial charge in [-0.25, -0.2) is 0 Å². The van der Waals surface area contributed by atoms with Crippen molar-refractivity contribution in [2.45, 2.75) is 33.0 Å². The van der Waals surface area contributed by atoms with Crippen LogP contribution in [0.15, 0.2) is 48.5 Å². The Hall–Kier alpha value is -2.83. The third-order valence-corrected chi connectivity index (χ3v) is 4.02. The first-order valence-corrected chi connectivity index (χ1v) is 8.44. The molecule has 0 unspecified atom stereocenters. The molecule has 0 atom stereocenters. The van der Waals surface area contributed by atoms with Crippen LogP contribution in [0.1, 0.15) is 30.0 Å². The molecule has 0 radical (unpaired) electrons. The highest BCUT2D eigenvalue weighted by molar-refractivity contribution is 5.92. The number of carbonyl (C=O) groups is 2. The van der Waals surface area contributed by atoms with Crippen molar-refractivity contribution in [2.75, 3.05) is 11.4 Å². The molecule has 27 heavy (non-hydrogen) atoms. The zero-order chi connectivity index (χ0) is 20.0. The molecular weight excluding hydrogens is 357 g/mol. The van der Waals surface area contributed by atoms with Gasteiger partial charge >= 0.3 is 6.18 Å². The van der Waals surface area contributed by atoms with Gasteiger partial charge in [0.2, 0.25) is 11.8 Å². The third kappa shape index (κ3) is 6.13. The number of anilines is 1. The molecule has 4 nitrogen and oxygen atoms in total. The van der Waals surface area contributed by atoms with E-state index in [1.807, 2.05) is 31.2 Å². The molecule has 0 fully saturated rings. The van der Waals surface area contributed by atoms with Gasteiger partial charge in [-0.2, -0.15) is 13.2 Å². The van der Waals surface area contributed by atoms with E-state index < -0.39 is 11.7 Å². The van der Waals surface area contributed by atoms with Gasteiger partial charge in [-0.3, -0.25) is 9.59 Å². The Bertz CT molecular complexity index is 802. The van der Waals surface area contributed by atoms with Gasteiger partial charge in [0, 0.05) is 32.1 Å². The highest BCUT2D eigenvalue weighted by Gasteiger charge is 2.30. The fourth-order valence-electron chi connectivity index (χ4n) is 2.62. The zero-order valence-electron chi connectivity index (χ0n) is 15.1. The lowest BCUT2D eigenvalue weighted by Crippen LogP contribution is -2.33. The van der Waals surface area contributed by atoms with E-state index in [4.69, 9.17) is 0 Å². The van der Waals surface area contributed by atoms with Crippen LogP contribution in [-0.4, -0.2) is 18.4 Å². The molecule has 2 amide bonds. The van der Waals surface area contributed by atoms with Crippen LogP contribution in [-0.2, 0) is 22.3 Å². The number of halogens is 3. The first-order chi connectivity index (χ1) is 12.7. The molecule has 0 spiro atoms. The number of rotatable bonds is 6. The fraction of sp³-hybridized carbons (Fsp3) is 0.300. The summed E-state index contributed by atoms with van der Waals surface area (Å²) in [4.78, 5) is 25.2. The summed E-state index contributed by atoms with van der Waals surface area (Å²) < 4.78 is 37.9. The maximum atomic E-state index is 12.6. The summed E-state index contributed by atoms with van der Waals surface area (Å²) in [5, 5.41) is 2.78. The topological polar surface area (TPSA) is 49.4 Å². The molecule has 0 heterocycles. The summed E-state index contributed by atoms with van der Waals surface area (Å²) in [6.07, 6.45) is -4.39. The monoisotopic (exact) mass is 378 g/mol. The maximum Gasteiger partial charge on any atom is 0.416 e. The lowest BCUT2D eigenvalue weighted by Gasteiger charge is -2.21. The van der Waals surface area contributed by atoms with E-state index in [9.17, 15) is 22.8 Å². The van der Waals surface area contributed by atoms with Crippen LogP contribution < -0.4 is 10.2 Å². The van der Waals surface area contributed by atoms with E-state index >= 15 is 0 Å². The smallest absolute Gasteiger partial charge is 0.352 e. The van der Waals surface area contributed by atoms with E-state index in [-0.39, 0.29) is 24.8 Å². The summed E-state index contributed by atoms with van der Waals surface area (Å²) in [7, 11) is 0. The quantitative estimate of drug-likeness (QED) is 0.824. The number of aryl methyl sites for hydroxylation is 1. The second-order valence-corrected chi connectivity index (χ2v) is 6.23. The molecule has 2 rings (SSSR count). The average Bonchev–Trinajstić information content (AvgIpc) is 2.59. The third-order valence-electron chi connectivity index (χ3n) is 4.02. The number of nitrogens with zero attached hydrogens (tertiary/aromatic N) is 1. The molecule has 2 aromatic carbocycles. The van der Waals surface area contributed by atoms with E-state index in [1.54, 1.807) is 0 Å². The highest BCUT2D eigenvalue weighted by atomic mass is 19.4. The largest absolute Gasteiger partial charge is 0.416 e. The lowest BCUT2D eigenvalue weighted by molar-refractivity contribution is -0.137. The number of benzene rings is 2. The second kappa shape index (κ2) is 8.70. The maximum absolute atomic E-state index is 12.6. The van der Waals surface area contributed by atoms with Crippen LogP contribution in [0.2, 0.25) is 0 Å². The first kappa shape index (κ1) is 20.5. The van der Waals surface area contributed by atoms with E-state index in [2.05, 4.69) is 5.32 Å². The van der Waals surface area contributed by atoms with Gasteiger partial charge in [0.1, 0.15) is 0 Å². The summed E-state index contributed by atoms with van der Waals surface area (Å²) in [5.74, 6) is -0.587. The van der Waals surface area contributed by atoms with Gasteiger partial charge in [0.25, 0.3) is 0 Å². The molecule has 0 saturated carbocycles. The van der Waals surface area contributed by atoms with E-state index in [0.717, 1.165) is 23.3 Å². The second-order valence-electron chi connectivity index (χ2n) is 6.23. The minimum atomic E-state index is -4.44. The van der Waals surface area contributed by atoms with Gasteiger partial charge in [0.05, 0.1) is 5.56 Å². The Balaban J connectivity index is 1.94.